The summed E-state index contributed by atoms with van der Waals surface area (Å²) < 4.78 is 10.8. The molecular weight excluding hydrogens is 440 g/mol. The Morgan fingerprint density at radius 3 is 2.83 bits per heavy atom. The molecule has 0 radical (unpaired) electrons. The second-order valence-electron chi connectivity index (χ2n) is 9.18. The lowest BCUT2D eigenvalue weighted by Crippen LogP contribution is -2.43. The Labute approximate surface area is 208 Å². The van der Waals surface area contributed by atoms with Crippen LogP contribution < -0.4 is 10.1 Å². The molecule has 0 bridgehead atoms. The van der Waals surface area contributed by atoms with Crippen LogP contribution in [0.2, 0.25) is 0 Å². The summed E-state index contributed by atoms with van der Waals surface area (Å²) in [4.78, 5) is 24.1. The molecule has 186 valence electrons. The number of carbonyl (C=O) groups is 1. The van der Waals surface area contributed by atoms with Gasteiger partial charge >= 0.3 is 5.97 Å². The molecule has 0 saturated heterocycles. The number of carbonyl (C=O) groups excluding carboxylic acids is 1. The Bertz CT molecular complexity index is 1140. The van der Waals surface area contributed by atoms with E-state index >= 15 is 0 Å². The van der Waals surface area contributed by atoms with Gasteiger partial charge in [-0.15, -0.1) is 0 Å². The fraction of sp³-hybridized carbons (Fsp3) is 0.464. The number of hydrogen-bond acceptors (Lipinski definition) is 7. The predicted octanol–water partition coefficient (Wildman–Crippen LogP) is 5.37. The second kappa shape index (κ2) is 11.4. The zero-order chi connectivity index (χ0) is 24.8. The molecule has 7 heteroatoms. The summed E-state index contributed by atoms with van der Waals surface area (Å²) in [7, 11) is 1.69. The van der Waals surface area contributed by atoms with Crippen LogP contribution in [0.25, 0.3) is 0 Å². The number of nitrogens with one attached hydrogen (secondary N) is 1. The van der Waals surface area contributed by atoms with E-state index < -0.39 is 0 Å². The van der Waals surface area contributed by atoms with E-state index in [-0.39, 0.29) is 5.97 Å². The first-order valence-corrected chi connectivity index (χ1v) is 12.5. The maximum absolute atomic E-state index is 12.3. The number of aromatic nitrogens is 1. The van der Waals surface area contributed by atoms with Gasteiger partial charge in [0.2, 0.25) is 0 Å². The fourth-order valence-corrected chi connectivity index (χ4v) is 4.77. The van der Waals surface area contributed by atoms with Gasteiger partial charge in [0.25, 0.3) is 0 Å². The van der Waals surface area contributed by atoms with E-state index in [2.05, 4.69) is 21.3 Å². The summed E-state index contributed by atoms with van der Waals surface area (Å²) in [6.07, 6.45) is 10.2. The largest absolute Gasteiger partial charge is 0.496 e. The van der Waals surface area contributed by atoms with Crippen LogP contribution >= 0.6 is 0 Å². The minimum Gasteiger partial charge on any atom is -0.496 e. The topological polar surface area (TPSA) is 76.0 Å². The normalized spacial score (nSPS) is 15.1. The average Bonchev–Trinajstić information content (AvgIpc) is 2.87. The third-order valence-corrected chi connectivity index (χ3v) is 6.74. The zero-order valence-corrected chi connectivity index (χ0v) is 21.3. The van der Waals surface area contributed by atoms with Crippen molar-refractivity contribution < 1.29 is 14.3 Å². The van der Waals surface area contributed by atoms with Crippen LogP contribution in [0.1, 0.15) is 71.8 Å². The number of allylic oxidation sites excluding steroid dienone is 1. The van der Waals surface area contributed by atoms with Gasteiger partial charge in [0.05, 0.1) is 37.2 Å². The van der Waals surface area contributed by atoms with Gasteiger partial charge in [0.15, 0.2) is 5.96 Å². The van der Waals surface area contributed by atoms with Crippen molar-refractivity contribution in [1.82, 2.24) is 15.2 Å². The molecule has 35 heavy (non-hydrogen) atoms. The lowest BCUT2D eigenvalue weighted by atomic mass is 9.97. The minimum atomic E-state index is -0.321. The number of pyridine rings is 1. The zero-order valence-electron chi connectivity index (χ0n) is 21.3. The van der Waals surface area contributed by atoms with Crippen molar-refractivity contribution in [2.45, 2.75) is 66.0 Å². The molecular formula is C28H36N4O3. The van der Waals surface area contributed by atoms with Gasteiger partial charge in [-0.05, 0) is 70.6 Å². The molecule has 1 aromatic carbocycles. The quantitative estimate of drug-likeness (QED) is 0.408. The van der Waals surface area contributed by atoms with E-state index in [4.69, 9.17) is 14.5 Å². The van der Waals surface area contributed by atoms with Gasteiger partial charge in [0.1, 0.15) is 5.75 Å². The number of ether oxygens (including phenoxy) is 2. The number of aryl methyl sites for hydroxylation is 1. The second-order valence-corrected chi connectivity index (χ2v) is 9.18. The number of rotatable bonds is 8. The number of esters is 1. The van der Waals surface area contributed by atoms with Gasteiger partial charge in [-0.2, -0.15) is 0 Å². The SMILES string of the molecule is CCOC(=O)c1ccc2c(c1)N=C(NCc1ncc(C)c(OC)c1C)N(CCC1=CCCCC1)C2. The molecule has 1 N–H and O–H groups in total. The summed E-state index contributed by atoms with van der Waals surface area (Å²) in [5.41, 5.74) is 6.95. The third kappa shape index (κ3) is 5.84. The molecule has 0 atom stereocenters. The molecule has 0 fully saturated rings. The molecule has 1 aromatic heterocycles. The molecule has 2 heterocycles. The van der Waals surface area contributed by atoms with Crippen molar-refractivity contribution >= 4 is 17.6 Å². The maximum Gasteiger partial charge on any atom is 0.338 e. The van der Waals surface area contributed by atoms with E-state index in [0.29, 0.717) is 18.7 Å². The molecule has 0 saturated carbocycles. The van der Waals surface area contributed by atoms with E-state index in [9.17, 15) is 4.79 Å². The first-order chi connectivity index (χ1) is 17.0. The number of benzene rings is 1. The third-order valence-electron chi connectivity index (χ3n) is 6.74. The lowest BCUT2D eigenvalue weighted by molar-refractivity contribution is 0.0526. The Balaban J connectivity index is 1.58. The van der Waals surface area contributed by atoms with Crippen molar-refractivity contribution in [2.75, 3.05) is 20.3 Å². The van der Waals surface area contributed by atoms with Crippen LogP contribution in [0.15, 0.2) is 41.0 Å². The fourth-order valence-electron chi connectivity index (χ4n) is 4.77. The summed E-state index contributed by atoms with van der Waals surface area (Å²) in [6.45, 7) is 8.36. The molecule has 1 aliphatic carbocycles. The molecule has 7 nitrogen and oxygen atoms in total. The molecule has 1 aliphatic heterocycles. The van der Waals surface area contributed by atoms with Crippen LogP contribution in [0.3, 0.4) is 0 Å². The average molecular weight is 477 g/mol. The van der Waals surface area contributed by atoms with Crippen LogP contribution in [0.4, 0.5) is 5.69 Å². The Kier molecular flexibility index (Phi) is 8.06. The van der Waals surface area contributed by atoms with Gasteiger partial charge in [-0.3, -0.25) is 4.98 Å². The van der Waals surface area contributed by atoms with Gasteiger partial charge in [-0.25, -0.2) is 9.79 Å². The Hall–Kier alpha value is -3.35. The monoisotopic (exact) mass is 476 g/mol. The number of methoxy groups -OCH3 is 1. The number of nitrogens with zero attached hydrogens (tertiary/aromatic N) is 3. The highest BCUT2D eigenvalue weighted by molar-refractivity contribution is 5.92. The molecule has 4 rings (SSSR count). The Morgan fingerprint density at radius 1 is 1.23 bits per heavy atom. The summed E-state index contributed by atoms with van der Waals surface area (Å²) >= 11 is 0. The van der Waals surface area contributed by atoms with Crippen molar-refractivity contribution in [3.05, 3.63) is 64.0 Å². The molecule has 0 spiro atoms. The van der Waals surface area contributed by atoms with E-state index in [0.717, 1.165) is 59.3 Å². The molecule has 0 unspecified atom stereocenters. The molecule has 2 aromatic rings. The highest BCUT2D eigenvalue weighted by Crippen LogP contribution is 2.29. The van der Waals surface area contributed by atoms with Crippen LogP contribution in [0, 0.1) is 13.8 Å². The van der Waals surface area contributed by atoms with Crippen molar-refractivity contribution in [3.8, 4) is 5.75 Å². The number of hydrogen-bond donors (Lipinski definition) is 1. The van der Waals surface area contributed by atoms with Gasteiger partial charge in [0, 0.05) is 30.4 Å². The van der Waals surface area contributed by atoms with Crippen molar-refractivity contribution in [2.24, 2.45) is 4.99 Å². The van der Waals surface area contributed by atoms with E-state index in [1.807, 2.05) is 45.2 Å². The summed E-state index contributed by atoms with van der Waals surface area (Å²) in [5.74, 6) is 1.35. The van der Waals surface area contributed by atoms with E-state index in [1.54, 1.807) is 12.7 Å². The first kappa shape index (κ1) is 24.8. The van der Waals surface area contributed by atoms with E-state index in [1.165, 1.54) is 25.7 Å². The maximum atomic E-state index is 12.3. The van der Waals surface area contributed by atoms with Crippen molar-refractivity contribution in [1.29, 1.82) is 0 Å². The first-order valence-electron chi connectivity index (χ1n) is 12.5. The number of guanidine groups is 1. The van der Waals surface area contributed by atoms with Gasteiger partial charge < -0.3 is 19.7 Å². The molecule has 0 amide bonds. The highest BCUT2D eigenvalue weighted by Gasteiger charge is 2.22. The smallest absolute Gasteiger partial charge is 0.338 e. The number of fused-ring (bicyclic) bond motifs is 1. The van der Waals surface area contributed by atoms with Crippen molar-refractivity contribution in [3.63, 3.8) is 0 Å². The summed E-state index contributed by atoms with van der Waals surface area (Å²) in [5, 5.41) is 3.52. The minimum absolute atomic E-state index is 0.321. The van der Waals surface area contributed by atoms with Crippen LogP contribution in [-0.2, 0) is 17.8 Å². The lowest BCUT2D eigenvalue weighted by Gasteiger charge is -2.32. The van der Waals surface area contributed by atoms with Gasteiger partial charge in [-0.1, -0.05) is 17.7 Å². The number of aliphatic imine (C=N–C) groups is 1. The van der Waals surface area contributed by atoms with Crippen LogP contribution in [-0.4, -0.2) is 42.1 Å². The predicted molar refractivity (Wildman–Crippen MR) is 138 cm³/mol. The summed E-state index contributed by atoms with van der Waals surface area (Å²) in [6, 6.07) is 5.65. The van der Waals surface area contributed by atoms with Crippen LogP contribution in [0.5, 0.6) is 5.75 Å². The molecule has 2 aliphatic rings. The highest BCUT2D eigenvalue weighted by atomic mass is 16.5. The standard InChI is InChI=1S/C28H36N4O3/c1-5-35-27(33)22-11-12-23-18-32(14-13-21-9-7-6-8-10-21)28(31-24(23)15-22)30-17-25-20(3)26(34-4)19(2)16-29-25/h9,11-12,15-16H,5-8,10,13-14,17-18H2,1-4H3,(H,30,31). The Morgan fingerprint density at radius 2 is 2.09 bits per heavy atom.